The van der Waals surface area contributed by atoms with Gasteiger partial charge in [-0.3, -0.25) is 4.79 Å². The van der Waals surface area contributed by atoms with Gasteiger partial charge in [0.05, 0.1) is 12.4 Å². The number of carboxylic acid groups (broad SMARTS) is 1. The summed E-state index contributed by atoms with van der Waals surface area (Å²) in [5.41, 5.74) is 7.35. The van der Waals surface area contributed by atoms with E-state index in [-0.39, 0.29) is 25.2 Å². The molecule has 1 aromatic carbocycles. The zero-order chi connectivity index (χ0) is 15.9. The number of H-pyrrole nitrogens is 1. The summed E-state index contributed by atoms with van der Waals surface area (Å²) in [6.07, 6.45) is 3.55. The molecule has 2 aromatic rings. The van der Waals surface area contributed by atoms with Gasteiger partial charge in [-0.1, -0.05) is 30.3 Å². The summed E-state index contributed by atoms with van der Waals surface area (Å²) < 4.78 is 0. The van der Waals surface area contributed by atoms with Crippen LogP contribution in [0.2, 0.25) is 0 Å². The van der Waals surface area contributed by atoms with Crippen LogP contribution >= 0.6 is 12.4 Å². The van der Waals surface area contributed by atoms with Crippen molar-refractivity contribution >= 4 is 24.3 Å². The number of hydrogen-bond donors (Lipinski definition) is 4. The van der Waals surface area contributed by atoms with Crippen LogP contribution in [-0.4, -0.2) is 39.0 Å². The summed E-state index contributed by atoms with van der Waals surface area (Å²) in [5, 5.41) is 11.7. The number of nitrogens with zero attached hydrogens (tertiary/aromatic N) is 1. The van der Waals surface area contributed by atoms with Crippen molar-refractivity contribution in [2.24, 2.45) is 5.73 Å². The van der Waals surface area contributed by atoms with Crippen molar-refractivity contribution in [1.82, 2.24) is 15.3 Å². The van der Waals surface area contributed by atoms with E-state index in [0.717, 1.165) is 11.3 Å². The Kier molecular flexibility index (Phi) is 7.24. The second-order valence-electron chi connectivity index (χ2n) is 4.98. The van der Waals surface area contributed by atoms with E-state index in [1.54, 1.807) is 6.20 Å². The molecule has 0 spiro atoms. The zero-order valence-corrected chi connectivity index (χ0v) is 13.1. The third-order valence-electron chi connectivity index (χ3n) is 3.23. The molecule has 0 aliphatic carbocycles. The zero-order valence-electron chi connectivity index (χ0n) is 12.3. The number of carboxylic acids is 1. The van der Waals surface area contributed by atoms with Crippen molar-refractivity contribution in [1.29, 1.82) is 0 Å². The molecule has 2 rings (SSSR count). The van der Waals surface area contributed by atoms with Crippen molar-refractivity contribution in [2.75, 3.05) is 0 Å². The molecule has 0 aliphatic rings. The molecule has 7 nitrogen and oxygen atoms in total. The lowest BCUT2D eigenvalue weighted by Crippen LogP contribution is -2.50. The molecule has 2 atom stereocenters. The first-order valence-electron chi connectivity index (χ1n) is 6.86. The predicted octanol–water partition coefficient (Wildman–Crippen LogP) is 0.513. The van der Waals surface area contributed by atoms with Crippen LogP contribution in [0.1, 0.15) is 11.3 Å². The first-order chi connectivity index (χ1) is 10.6. The highest BCUT2D eigenvalue weighted by molar-refractivity contribution is 5.87. The maximum Gasteiger partial charge on any atom is 0.326 e. The summed E-state index contributed by atoms with van der Waals surface area (Å²) in [6.45, 7) is 0. The van der Waals surface area contributed by atoms with Gasteiger partial charge in [-0.2, -0.15) is 0 Å². The molecule has 0 fully saturated rings. The molecule has 0 aliphatic heterocycles. The predicted molar refractivity (Wildman–Crippen MR) is 87.2 cm³/mol. The first kappa shape index (κ1) is 18.7. The number of nitrogens with one attached hydrogen (secondary N) is 2. The molecule has 23 heavy (non-hydrogen) atoms. The van der Waals surface area contributed by atoms with Gasteiger partial charge in [-0.25, -0.2) is 9.78 Å². The van der Waals surface area contributed by atoms with Crippen LogP contribution in [-0.2, 0) is 22.4 Å². The second kappa shape index (κ2) is 8.92. The number of rotatable bonds is 7. The Labute approximate surface area is 139 Å². The van der Waals surface area contributed by atoms with Gasteiger partial charge in [0.25, 0.3) is 0 Å². The van der Waals surface area contributed by atoms with Crippen molar-refractivity contribution < 1.29 is 14.7 Å². The minimum atomic E-state index is -1.09. The summed E-state index contributed by atoms with van der Waals surface area (Å²) in [5.74, 6) is -1.59. The van der Waals surface area contributed by atoms with Gasteiger partial charge in [0.15, 0.2) is 0 Å². The standard InChI is InChI=1S/C15H18N4O3.ClH/c16-12(7-11-8-17-9-18-11)14(20)19-13(15(21)22)6-10-4-2-1-3-5-10;/h1-5,8-9,12-13H,6-7,16H2,(H,17,18)(H,19,20)(H,21,22);1H/t12-,13-;/m0./s1. The number of halogens is 1. The second-order valence-corrected chi connectivity index (χ2v) is 4.98. The topological polar surface area (TPSA) is 121 Å². The minimum absolute atomic E-state index is 0. The Bertz CT molecular complexity index is 619. The van der Waals surface area contributed by atoms with Gasteiger partial charge >= 0.3 is 5.97 Å². The van der Waals surface area contributed by atoms with E-state index in [9.17, 15) is 14.7 Å². The molecule has 1 heterocycles. The molecule has 5 N–H and O–H groups in total. The fraction of sp³-hybridized carbons (Fsp3) is 0.267. The quantitative estimate of drug-likeness (QED) is 0.586. The highest BCUT2D eigenvalue weighted by Crippen LogP contribution is 2.04. The summed E-state index contributed by atoms with van der Waals surface area (Å²) >= 11 is 0. The monoisotopic (exact) mass is 338 g/mol. The van der Waals surface area contributed by atoms with E-state index in [1.165, 1.54) is 6.33 Å². The molecular formula is C15H19ClN4O3. The van der Waals surface area contributed by atoms with Crippen molar-refractivity contribution in [3.63, 3.8) is 0 Å². The largest absolute Gasteiger partial charge is 0.480 e. The van der Waals surface area contributed by atoms with E-state index >= 15 is 0 Å². The Balaban J connectivity index is 0.00000264. The summed E-state index contributed by atoms with van der Waals surface area (Å²) in [6, 6.07) is 7.26. The third-order valence-corrected chi connectivity index (χ3v) is 3.23. The van der Waals surface area contributed by atoms with Crippen molar-refractivity contribution in [3.05, 3.63) is 54.1 Å². The number of imidazole rings is 1. The molecule has 0 bridgehead atoms. The SMILES string of the molecule is Cl.N[C@@H](Cc1cnc[nH]1)C(=O)N[C@@H](Cc1ccccc1)C(=O)O. The van der Waals surface area contributed by atoms with Gasteiger partial charge in [0.2, 0.25) is 5.91 Å². The Morgan fingerprint density at radius 1 is 1.26 bits per heavy atom. The molecule has 8 heteroatoms. The van der Waals surface area contributed by atoms with Crippen LogP contribution in [0.15, 0.2) is 42.9 Å². The normalized spacial score (nSPS) is 12.7. The number of carbonyl (C=O) groups is 2. The third kappa shape index (κ3) is 5.72. The number of hydrogen-bond acceptors (Lipinski definition) is 4. The van der Waals surface area contributed by atoms with Crippen LogP contribution in [0.3, 0.4) is 0 Å². The van der Waals surface area contributed by atoms with Crippen molar-refractivity contribution in [2.45, 2.75) is 24.9 Å². The molecule has 0 radical (unpaired) electrons. The highest BCUT2D eigenvalue weighted by atomic mass is 35.5. The lowest BCUT2D eigenvalue weighted by Gasteiger charge is -2.17. The summed E-state index contributed by atoms with van der Waals surface area (Å²) in [7, 11) is 0. The van der Waals surface area contributed by atoms with Gasteiger partial charge in [0.1, 0.15) is 6.04 Å². The van der Waals surface area contributed by atoms with Crippen LogP contribution < -0.4 is 11.1 Å². The molecular weight excluding hydrogens is 320 g/mol. The number of carbonyl (C=O) groups excluding carboxylic acids is 1. The fourth-order valence-electron chi connectivity index (χ4n) is 2.05. The lowest BCUT2D eigenvalue weighted by atomic mass is 10.1. The van der Waals surface area contributed by atoms with E-state index in [0.29, 0.717) is 0 Å². The number of benzene rings is 1. The number of amides is 1. The number of aromatic nitrogens is 2. The van der Waals surface area contributed by atoms with Crippen LogP contribution in [0.25, 0.3) is 0 Å². The smallest absolute Gasteiger partial charge is 0.326 e. The van der Waals surface area contributed by atoms with Gasteiger partial charge < -0.3 is 21.1 Å². The molecule has 1 aromatic heterocycles. The fourth-order valence-corrected chi connectivity index (χ4v) is 2.05. The molecule has 124 valence electrons. The summed E-state index contributed by atoms with van der Waals surface area (Å²) in [4.78, 5) is 30.0. The maximum absolute atomic E-state index is 12.0. The number of aromatic amines is 1. The van der Waals surface area contributed by atoms with Gasteiger partial charge in [-0.15, -0.1) is 12.4 Å². The Morgan fingerprint density at radius 3 is 2.52 bits per heavy atom. The Morgan fingerprint density at radius 2 is 1.96 bits per heavy atom. The number of nitrogens with two attached hydrogens (primary N) is 1. The van der Waals surface area contributed by atoms with E-state index < -0.39 is 24.0 Å². The minimum Gasteiger partial charge on any atom is -0.480 e. The average Bonchev–Trinajstić information content (AvgIpc) is 3.00. The van der Waals surface area contributed by atoms with E-state index in [2.05, 4.69) is 15.3 Å². The van der Waals surface area contributed by atoms with Crippen molar-refractivity contribution in [3.8, 4) is 0 Å². The maximum atomic E-state index is 12.0. The average molecular weight is 339 g/mol. The molecule has 0 saturated carbocycles. The lowest BCUT2D eigenvalue weighted by molar-refractivity contribution is -0.141. The first-order valence-corrected chi connectivity index (χ1v) is 6.86. The van der Waals surface area contributed by atoms with Gasteiger partial charge in [0, 0.05) is 24.7 Å². The number of aliphatic carboxylic acids is 1. The van der Waals surface area contributed by atoms with Crippen LogP contribution in [0.4, 0.5) is 0 Å². The molecule has 1 amide bonds. The van der Waals surface area contributed by atoms with E-state index in [4.69, 9.17) is 5.73 Å². The Hall–Kier alpha value is -2.38. The van der Waals surface area contributed by atoms with Gasteiger partial charge in [-0.05, 0) is 5.56 Å². The molecule has 0 unspecified atom stereocenters. The van der Waals surface area contributed by atoms with Crippen LogP contribution in [0.5, 0.6) is 0 Å². The molecule has 0 saturated heterocycles. The van der Waals surface area contributed by atoms with E-state index in [1.807, 2.05) is 30.3 Å². The van der Waals surface area contributed by atoms with Crippen LogP contribution in [0, 0.1) is 0 Å². The highest BCUT2D eigenvalue weighted by Gasteiger charge is 2.23.